The number of aliphatic hydroxyl groups excluding tert-OH is 1. The Morgan fingerprint density at radius 1 is 1.16 bits per heavy atom. The number of hydrogen-bond acceptors (Lipinski definition) is 5. The van der Waals surface area contributed by atoms with Crippen LogP contribution in [0.5, 0.6) is 11.5 Å². The highest BCUT2D eigenvalue weighted by Crippen LogP contribution is 2.40. The van der Waals surface area contributed by atoms with Crippen LogP contribution in [0, 0.1) is 0 Å². The summed E-state index contributed by atoms with van der Waals surface area (Å²) in [6.07, 6.45) is 0.698. The maximum absolute atomic E-state index is 12.9. The number of hydrogen-bond donors (Lipinski definition) is 1. The van der Waals surface area contributed by atoms with E-state index in [2.05, 4.69) is 0 Å². The number of nitrogens with zero attached hydrogens (tertiary/aromatic N) is 1. The molecule has 0 spiro atoms. The molecule has 7 heteroatoms. The van der Waals surface area contributed by atoms with E-state index in [-0.39, 0.29) is 17.4 Å². The fraction of sp³-hybridized carbons (Fsp3) is 0.333. The van der Waals surface area contributed by atoms with Crippen molar-refractivity contribution in [1.29, 1.82) is 0 Å². The van der Waals surface area contributed by atoms with Gasteiger partial charge in [0.05, 0.1) is 29.9 Å². The predicted octanol–water partition coefficient (Wildman–Crippen LogP) is 4.97. The van der Waals surface area contributed by atoms with Crippen LogP contribution in [0.3, 0.4) is 0 Å². The summed E-state index contributed by atoms with van der Waals surface area (Å²) in [5.74, 6) is -0.558. The summed E-state index contributed by atoms with van der Waals surface area (Å²) in [7, 11) is 1.46. The Hall–Kier alpha value is -2.99. The lowest BCUT2D eigenvalue weighted by molar-refractivity contribution is -0.139. The van der Waals surface area contributed by atoms with E-state index < -0.39 is 17.7 Å². The van der Waals surface area contributed by atoms with E-state index in [1.165, 1.54) is 12.0 Å². The smallest absolute Gasteiger partial charge is 0.295 e. The average Bonchev–Trinajstić information content (AvgIpc) is 2.99. The fourth-order valence-electron chi connectivity index (χ4n) is 3.66. The van der Waals surface area contributed by atoms with Crippen molar-refractivity contribution >= 4 is 29.1 Å². The third-order valence-electron chi connectivity index (χ3n) is 5.00. The molecule has 1 aliphatic heterocycles. The van der Waals surface area contributed by atoms with Crippen LogP contribution in [-0.4, -0.2) is 41.5 Å². The van der Waals surface area contributed by atoms with Gasteiger partial charge in [-0.15, -0.1) is 0 Å². The molecule has 1 aliphatic rings. The van der Waals surface area contributed by atoms with Crippen LogP contribution in [0.25, 0.3) is 5.76 Å². The lowest BCUT2D eigenvalue weighted by atomic mass is 9.95. The van der Waals surface area contributed by atoms with Crippen molar-refractivity contribution in [1.82, 2.24) is 4.90 Å². The van der Waals surface area contributed by atoms with Crippen molar-refractivity contribution in [3.8, 4) is 11.5 Å². The van der Waals surface area contributed by atoms with Crippen molar-refractivity contribution < 1.29 is 24.2 Å². The SMILES string of the molecule is CCCN1C(=O)C(=O)/C(=C(\O)c2ccc(Cl)c(OC)c2)C1c1ccc(OC(C)C)cc1. The summed E-state index contributed by atoms with van der Waals surface area (Å²) in [5, 5.41) is 11.4. The summed E-state index contributed by atoms with van der Waals surface area (Å²) in [4.78, 5) is 27.2. The molecule has 1 amide bonds. The normalized spacial score (nSPS) is 18.0. The minimum Gasteiger partial charge on any atom is -0.507 e. The molecule has 2 aromatic carbocycles. The number of aliphatic hydroxyl groups is 1. The molecule has 0 aliphatic carbocycles. The quantitative estimate of drug-likeness (QED) is 0.371. The summed E-state index contributed by atoms with van der Waals surface area (Å²) in [6, 6.07) is 11.2. The Balaban J connectivity index is 2.12. The number of benzene rings is 2. The van der Waals surface area contributed by atoms with Gasteiger partial charge in [-0.25, -0.2) is 0 Å². The van der Waals surface area contributed by atoms with E-state index >= 15 is 0 Å². The van der Waals surface area contributed by atoms with Crippen LogP contribution >= 0.6 is 11.6 Å². The molecule has 1 saturated heterocycles. The molecule has 0 radical (unpaired) electrons. The maximum Gasteiger partial charge on any atom is 0.295 e. The highest BCUT2D eigenvalue weighted by molar-refractivity contribution is 6.46. The Bertz CT molecular complexity index is 1010. The first-order chi connectivity index (χ1) is 14.8. The highest BCUT2D eigenvalue weighted by atomic mass is 35.5. The number of halogens is 1. The second-order valence-electron chi connectivity index (χ2n) is 7.58. The topological polar surface area (TPSA) is 76.1 Å². The van der Waals surface area contributed by atoms with Crippen LogP contribution < -0.4 is 9.47 Å². The van der Waals surface area contributed by atoms with E-state index in [4.69, 9.17) is 21.1 Å². The number of rotatable bonds is 7. The number of ether oxygens (including phenoxy) is 2. The van der Waals surface area contributed by atoms with Gasteiger partial charge >= 0.3 is 0 Å². The zero-order chi connectivity index (χ0) is 22.7. The van der Waals surface area contributed by atoms with E-state index in [9.17, 15) is 14.7 Å². The predicted molar refractivity (Wildman–Crippen MR) is 120 cm³/mol. The lowest BCUT2D eigenvalue weighted by Gasteiger charge is -2.25. The van der Waals surface area contributed by atoms with Crippen LogP contribution in [-0.2, 0) is 9.59 Å². The van der Waals surface area contributed by atoms with Crippen molar-refractivity contribution in [3.63, 3.8) is 0 Å². The van der Waals surface area contributed by atoms with Gasteiger partial charge in [0, 0.05) is 12.1 Å². The summed E-state index contributed by atoms with van der Waals surface area (Å²) < 4.78 is 10.9. The Morgan fingerprint density at radius 3 is 2.42 bits per heavy atom. The second kappa shape index (κ2) is 9.43. The van der Waals surface area contributed by atoms with Gasteiger partial charge in [0.1, 0.15) is 17.3 Å². The van der Waals surface area contributed by atoms with Gasteiger partial charge in [0.25, 0.3) is 11.7 Å². The van der Waals surface area contributed by atoms with Crippen LogP contribution in [0.4, 0.5) is 0 Å². The first kappa shape index (κ1) is 22.7. The maximum atomic E-state index is 12.9. The molecule has 0 bridgehead atoms. The molecule has 0 saturated carbocycles. The van der Waals surface area contributed by atoms with E-state index in [0.717, 1.165) is 0 Å². The molecule has 0 aromatic heterocycles. The molecule has 1 heterocycles. The standard InChI is InChI=1S/C24H26ClNO5/c1-5-12-26-21(15-6-9-17(10-7-15)31-14(2)3)20(23(28)24(26)29)22(27)16-8-11-18(25)19(13-16)30-4/h6-11,13-14,21,27H,5,12H2,1-4H3/b22-20-. The molecule has 2 aromatic rings. The first-order valence-electron chi connectivity index (χ1n) is 10.2. The van der Waals surface area contributed by atoms with Gasteiger partial charge in [0.2, 0.25) is 0 Å². The molecular formula is C24H26ClNO5. The lowest BCUT2D eigenvalue weighted by Crippen LogP contribution is -2.30. The van der Waals surface area contributed by atoms with E-state index in [0.29, 0.717) is 40.6 Å². The molecule has 1 unspecified atom stereocenters. The fourth-order valence-corrected chi connectivity index (χ4v) is 3.86. The number of methoxy groups -OCH3 is 1. The van der Waals surface area contributed by atoms with Gasteiger partial charge in [-0.1, -0.05) is 30.7 Å². The Morgan fingerprint density at radius 2 is 1.84 bits per heavy atom. The first-order valence-corrected chi connectivity index (χ1v) is 10.5. The zero-order valence-electron chi connectivity index (χ0n) is 18.0. The van der Waals surface area contributed by atoms with Crippen molar-refractivity contribution in [2.75, 3.05) is 13.7 Å². The third-order valence-corrected chi connectivity index (χ3v) is 5.31. The van der Waals surface area contributed by atoms with Crippen molar-refractivity contribution in [2.24, 2.45) is 0 Å². The number of amides is 1. The van der Waals surface area contributed by atoms with Crippen molar-refractivity contribution in [2.45, 2.75) is 39.3 Å². The zero-order valence-corrected chi connectivity index (χ0v) is 18.8. The summed E-state index contributed by atoms with van der Waals surface area (Å²) in [5.41, 5.74) is 1.10. The Labute approximate surface area is 187 Å². The number of likely N-dealkylation sites (tertiary alicyclic amines) is 1. The van der Waals surface area contributed by atoms with Gasteiger partial charge in [-0.2, -0.15) is 0 Å². The summed E-state index contributed by atoms with van der Waals surface area (Å²) in [6.45, 7) is 6.19. The van der Waals surface area contributed by atoms with Crippen LogP contribution in [0.2, 0.25) is 5.02 Å². The molecule has 3 rings (SSSR count). The van der Waals surface area contributed by atoms with Gasteiger partial charge < -0.3 is 19.5 Å². The highest BCUT2D eigenvalue weighted by Gasteiger charge is 2.45. The third kappa shape index (κ3) is 4.54. The molecule has 6 nitrogen and oxygen atoms in total. The number of carbonyl (C=O) groups excluding carboxylic acids is 2. The summed E-state index contributed by atoms with van der Waals surface area (Å²) >= 11 is 6.09. The minimum atomic E-state index is -0.715. The van der Waals surface area contributed by atoms with E-state index in [1.807, 2.05) is 32.9 Å². The number of Topliss-reactive ketones (excluding diaryl/α,β-unsaturated/α-hetero) is 1. The van der Waals surface area contributed by atoms with Gasteiger partial charge in [0.15, 0.2) is 0 Å². The average molecular weight is 444 g/mol. The van der Waals surface area contributed by atoms with Crippen LogP contribution in [0.15, 0.2) is 48.0 Å². The number of ketones is 1. The monoisotopic (exact) mass is 443 g/mol. The Kier molecular flexibility index (Phi) is 6.91. The van der Waals surface area contributed by atoms with Crippen LogP contribution in [0.1, 0.15) is 44.4 Å². The molecule has 31 heavy (non-hydrogen) atoms. The molecule has 1 N–H and O–H groups in total. The number of carbonyl (C=O) groups is 2. The largest absolute Gasteiger partial charge is 0.507 e. The van der Waals surface area contributed by atoms with Crippen molar-refractivity contribution in [3.05, 3.63) is 64.2 Å². The molecule has 164 valence electrons. The van der Waals surface area contributed by atoms with Gasteiger partial charge in [-0.3, -0.25) is 9.59 Å². The molecule has 1 atom stereocenters. The molecule has 1 fully saturated rings. The minimum absolute atomic E-state index is 0.0245. The second-order valence-corrected chi connectivity index (χ2v) is 7.98. The van der Waals surface area contributed by atoms with Gasteiger partial charge in [-0.05, 0) is 56.2 Å². The molecular weight excluding hydrogens is 418 g/mol. The van der Waals surface area contributed by atoms with E-state index in [1.54, 1.807) is 30.3 Å².